The van der Waals surface area contributed by atoms with Crippen molar-refractivity contribution in [3.63, 3.8) is 0 Å². The van der Waals surface area contributed by atoms with Crippen LogP contribution in [0.25, 0.3) is 0 Å². The Labute approximate surface area is 102 Å². The molecule has 1 heterocycles. The van der Waals surface area contributed by atoms with Crippen LogP contribution < -0.4 is 0 Å². The van der Waals surface area contributed by atoms with Gasteiger partial charge < -0.3 is 4.74 Å². The highest BCUT2D eigenvalue weighted by atomic mass is 16.6. The molecule has 4 nitrogen and oxygen atoms in total. The molecule has 94 valence electrons. The van der Waals surface area contributed by atoms with Crippen LogP contribution in [0.4, 0.5) is 0 Å². The van der Waals surface area contributed by atoms with Gasteiger partial charge >= 0.3 is 5.97 Å². The normalized spacial score (nSPS) is 20.9. The van der Waals surface area contributed by atoms with Crippen molar-refractivity contribution in [3.05, 3.63) is 18.4 Å². The van der Waals surface area contributed by atoms with Crippen molar-refractivity contribution in [2.75, 3.05) is 0 Å². The minimum Gasteiger partial charge on any atom is -0.442 e. The van der Waals surface area contributed by atoms with Crippen LogP contribution in [0.5, 0.6) is 0 Å². The largest absolute Gasteiger partial charge is 0.442 e. The Balaban J connectivity index is 2.83. The lowest BCUT2D eigenvalue weighted by Crippen LogP contribution is -2.42. The van der Waals surface area contributed by atoms with Gasteiger partial charge in [0.25, 0.3) is 0 Å². The Kier molecular flexibility index (Phi) is 4.98. The highest BCUT2D eigenvalue weighted by molar-refractivity contribution is 5.79. The molecule has 0 spiro atoms. The minimum atomic E-state index is -0.429. The average molecular weight is 237 g/mol. The predicted octanol–water partition coefficient (Wildman–Crippen LogP) is 2.01. The lowest BCUT2D eigenvalue weighted by atomic mass is 10.1. The molecule has 2 atom stereocenters. The van der Waals surface area contributed by atoms with E-state index in [4.69, 9.17) is 4.74 Å². The molecule has 0 aliphatic carbocycles. The molecule has 1 aliphatic rings. The van der Waals surface area contributed by atoms with E-state index < -0.39 is 6.23 Å². The number of carbonyl (C=O) groups is 2. The second kappa shape index (κ2) is 6.26. The first-order valence-electron chi connectivity index (χ1n) is 5.94. The Morgan fingerprint density at radius 3 is 3.00 bits per heavy atom. The number of likely N-dealkylation sites (tertiary alicyclic amines) is 1. The maximum absolute atomic E-state index is 11.8. The highest BCUT2D eigenvalue weighted by Gasteiger charge is 2.36. The van der Waals surface area contributed by atoms with E-state index in [1.807, 2.05) is 6.92 Å². The van der Waals surface area contributed by atoms with Gasteiger partial charge in [0.05, 0.1) is 6.04 Å². The number of rotatable bonds is 5. The molecule has 0 radical (unpaired) electrons. The van der Waals surface area contributed by atoms with Gasteiger partial charge in [0.15, 0.2) is 6.23 Å². The van der Waals surface area contributed by atoms with Gasteiger partial charge in [-0.1, -0.05) is 19.9 Å². The van der Waals surface area contributed by atoms with E-state index >= 15 is 0 Å². The van der Waals surface area contributed by atoms with E-state index in [9.17, 15) is 9.59 Å². The second-order valence-corrected chi connectivity index (χ2v) is 4.13. The van der Waals surface area contributed by atoms with Gasteiger partial charge in [-0.15, -0.1) is 5.73 Å². The third kappa shape index (κ3) is 3.46. The molecular formula is C13H19NO3. The van der Waals surface area contributed by atoms with Gasteiger partial charge in [0, 0.05) is 19.8 Å². The van der Waals surface area contributed by atoms with Crippen molar-refractivity contribution in [1.82, 2.24) is 4.90 Å². The molecule has 1 amide bonds. The minimum absolute atomic E-state index is 0.0289. The van der Waals surface area contributed by atoms with Gasteiger partial charge in [0.2, 0.25) is 5.91 Å². The lowest BCUT2D eigenvalue weighted by Gasteiger charge is -2.30. The highest BCUT2D eigenvalue weighted by Crippen LogP contribution is 2.25. The SMILES string of the molecule is C=C=CC(CCC)N1C(=O)CCC1OC(C)=O. The third-order valence-corrected chi connectivity index (χ3v) is 2.76. The van der Waals surface area contributed by atoms with Crippen molar-refractivity contribution in [3.8, 4) is 0 Å². The number of amides is 1. The van der Waals surface area contributed by atoms with E-state index in [-0.39, 0.29) is 17.9 Å². The molecule has 1 saturated heterocycles. The van der Waals surface area contributed by atoms with E-state index in [0.717, 1.165) is 12.8 Å². The molecule has 2 unspecified atom stereocenters. The number of nitrogens with zero attached hydrogens (tertiary/aromatic N) is 1. The van der Waals surface area contributed by atoms with Crippen LogP contribution in [0, 0.1) is 0 Å². The quantitative estimate of drug-likeness (QED) is 0.543. The van der Waals surface area contributed by atoms with Crippen LogP contribution in [0.15, 0.2) is 18.4 Å². The van der Waals surface area contributed by atoms with E-state index in [1.54, 1.807) is 11.0 Å². The van der Waals surface area contributed by atoms with Crippen molar-refractivity contribution in [2.45, 2.75) is 51.8 Å². The van der Waals surface area contributed by atoms with Gasteiger partial charge in [0.1, 0.15) is 0 Å². The van der Waals surface area contributed by atoms with Crippen LogP contribution in [0.3, 0.4) is 0 Å². The summed E-state index contributed by atoms with van der Waals surface area (Å²) in [7, 11) is 0. The zero-order chi connectivity index (χ0) is 12.8. The van der Waals surface area contributed by atoms with Gasteiger partial charge in [-0.2, -0.15) is 0 Å². The Morgan fingerprint density at radius 1 is 1.76 bits per heavy atom. The molecule has 0 aromatic heterocycles. The summed E-state index contributed by atoms with van der Waals surface area (Å²) in [5, 5.41) is 0. The van der Waals surface area contributed by atoms with Gasteiger partial charge in [-0.3, -0.25) is 14.5 Å². The molecular weight excluding hydrogens is 218 g/mol. The average Bonchev–Trinajstić information content (AvgIpc) is 2.59. The van der Waals surface area contributed by atoms with E-state index in [2.05, 4.69) is 12.3 Å². The van der Waals surface area contributed by atoms with Crippen LogP contribution in [0.1, 0.15) is 39.5 Å². The van der Waals surface area contributed by atoms with Gasteiger partial charge in [-0.05, 0) is 12.5 Å². The summed E-state index contributed by atoms with van der Waals surface area (Å²) < 4.78 is 5.17. The smallest absolute Gasteiger partial charge is 0.304 e. The molecule has 0 aromatic carbocycles. The molecule has 0 N–H and O–H groups in total. The monoisotopic (exact) mass is 237 g/mol. The van der Waals surface area contributed by atoms with Crippen LogP contribution in [-0.2, 0) is 14.3 Å². The standard InChI is InChI=1S/C13H19NO3/c1-4-6-11(7-5-2)14-12(16)8-9-13(14)17-10(3)15/h6,11,13H,1,5,7-9H2,2-3H3. The molecule has 0 bridgehead atoms. The van der Waals surface area contributed by atoms with Crippen LogP contribution in [0.2, 0.25) is 0 Å². The molecule has 1 rings (SSSR count). The molecule has 1 aliphatic heterocycles. The maximum atomic E-state index is 11.8. The first-order chi connectivity index (χ1) is 8.10. The second-order valence-electron chi connectivity index (χ2n) is 4.13. The fraction of sp³-hybridized carbons (Fsp3) is 0.615. The summed E-state index contributed by atoms with van der Waals surface area (Å²) in [6, 6.07) is -0.0724. The zero-order valence-electron chi connectivity index (χ0n) is 10.4. The number of hydrogen-bond donors (Lipinski definition) is 0. The van der Waals surface area contributed by atoms with Crippen molar-refractivity contribution in [1.29, 1.82) is 0 Å². The molecule has 17 heavy (non-hydrogen) atoms. The number of hydrogen-bond acceptors (Lipinski definition) is 3. The molecule has 4 heteroatoms. The Morgan fingerprint density at radius 2 is 2.47 bits per heavy atom. The lowest BCUT2D eigenvalue weighted by molar-refractivity contribution is -0.158. The summed E-state index contributed by atoms with van der Waals surface area (Å²) in [5.74, 6) is -0.325. The summed E-state index contributed by atoms with van der Waals surface area (Å²) in [6.07, 6.45) is 4.11. The fourth-order valence-corrected chi connectivity index (χ4v) is 2.12. The number of esters is 1. The van der Waals surface area contributed by atoms with Gasteiger partial charge in [-0.25, -0.2) is 0 Å². The summed E-state index contributed by atoms with van der Waals surface area (Å²) in [4.78, 5) is 24.5. The van der Waals surface area contributed by atoms with Crippen LogP contribution in [-0.4, -0.2) is 29.0 Å². The molecule has 0 saturated carbocycles. The Bertz CT molecular complexity index is 345. The molecule has 0 aromatic rings. The van der Waals surface area contributed by atoms with Crippen molar-refractivity contribution >= 4 is 11.9 Å². The third-order valence-electron chi connectivity index (χ3n) is 2.76. The molecule has 1 fully saturated rings. The van der Waals surface area contributed by atoms with E-state index in [0.29, 0.717) is 12.8 Å². The van der Waals surface area contributed by atoms with Crippen LogP contribution >= 0.6 is 0 Å². The summed E-state index contributed by atoms with van der Waals surface area (Å²) in [5.41, 5.74) is 2.71. The summed E-state index contributed by atoms with van der Waals surface area (Å²) >= 11 is 0. The van der Waals surface area contributed by atoms with E-state index in [1.165, 1.54) is 6.92 Å². The zero-order valence-corrected chi connectivity index (χ0v) is 10.4. The van der Waals surface area contributed by atoms with Crippen molar-refractivity contribution < 1.29 is 14.3 Å². The topological polar surface area (TPSA) is 46.6 Å². The Hall–Kier alpha value is -1.54. The number of ether oxygens (including phenoxy) is 1. The fourth-order valence-electron chi connectivity index (χ4n) is 2.12. The maximum Gasteiger partial charge on any atom is 0.304 e. The van der Waals surface area contributed by atoms with Crippen molar-refractivity contribution in [2.24, 2.45) is 0 Å². The predicted molar refractivity (Wildman–Crippen MR) is 64.0 cm³/mol. The summed E-state index contributed by atoms with van der Waals surface area (Å²) in [6.45, 7) is 6.95. The first kappa shape index (κ1) is 13.5. The number of carbonyl (C=O) groups excluding carboxylic acids is 2. The first-order valence-corrected chi connectivity index (χ1v) is 5.94.